The lowest BCUT2D eigenvalue weighted by molar-refractivity contribution is 0.110. The van der Waals surface area contributed by atoms with Gasteiger partial charge in [0.15, 0.2) is 5.82 Å². The molecule has 120 valence electrons. The van der Waals surface area contributed by atoms with Crippen molar-refractivity contribution in [3.63, 3.8) is 0 Å². The largest absolute Gasteiger partial charge is 0.387 e. The number of aliphatic hydroxyl groups is 1. The fourth-order valence-electron chi connectivity index (χ4n) is 2.18. The first kappa shape index (κ1) is 16.6. The average molecular weight is 305 g/mol. The van der Waals surface area contributed by atoms with Crippen molar-refractivity contribution in [2.75, 3.05) is 20.2 Å². The maximum Gasteiger partial charge on any atom is 0.252 e. The van der Waals surface area contributed by atoms with Gasteiger partial charge in [-0.1, -0.05) is 41.9 Å². The molecule has 0 amide bonds. The number of likely N-dealkylation sites (N-methyl/N-ethyl adjacent to an activating group) is 1. The highest BCUT2D eigenvalue weighted by molar-refractivity contribution is 5.23. The van der Waals surface area contributed by atoms with Gasteiger partial charge in [0.1, 0.15) is 6.61 Å². The minimum absolute atomic E-state index is 0.311. The molecule has 1 heterocycles. The van der Waals surface area contributed by atoms with Crippen molar-refractivity contribution in [1.29, 1.82) is 0 Å². The van der Waals surface area contributed by atoms with E-state index in [4.69, 9.17) is 9.26 Å². The van der Waals surface area contributed by atoms with Gasteiger partial charge in [-0.15, -0.1) is 0 Å². The van der Waals surface area contributed by atoms with Crippen molar-refractivity contribution < 1.29 is 14.4 Å². The van der Waals surface area contributed by atoms with Crippen LogP contribution >= 0.6 is 0 Å². The monoisotopic (exact) mass is 305 g/mol. The number of aryl methyl sites for hydroxylation is 1. The summed E-state index contributed by atoms with van der Waals surface area (Å²) in [4.78, 5) is 6.33. The Hall–Kier alpha value is -1.76. The molecule has 0 bridgehead atoms. The van der Waals surface area contributed by atoms with E-state index < -0.39 is 6.10 Å². The lowest BCUT2D eigenvalue weighted by Gasteiger charge is -2.22. The van der Waals surface area contributed by atoms with E-state index in [9.17, 15) is 5.11 Å². The van der Waals surface area contributed by atoms with Gasteiger partial charge in [0.25, 0.3) is 5.89 Å². The molecule has 0 fully saturated rings. The molecule has 0 aliphatic rings. The lowest BCUT2D eigenvalue weighted by atomic mass is 10.1. The maximum atomic E-state index is 10.4. The number of rotatable bonds is 8. The predicted octanol–water partition coefficient (Wildman–Crippen LogP) is 2.08. The van der Waals surface area contributed by atoms with Crippen LogP contribution in [0.4, 0.5) is 0 Å². The van der Waals surface area contributed by atoms with Crippen LogP contribution in [-0.2, 0) is 17.9 Å². The summed E-state index contributed by atoms with van der Waals surface area (Å²) < 4.78 is 10.0. The molecule has 0 saturated heterocycles. The fraction of sp³-hybridized carbons (Fsp3) is 0.500. The Balaban J connectivity index is 1.94. The van der Waals surface area contributed by atoms with Gasteiger partial charge in [0.05, 0.1) is 12.6 Å². The molecule has 0 radical (unpaired) electrons. The first-order valence-corrected chi connectivity index (χ1v) is 7.39. The highest BCUT2D eigenvalue weighted by Crippen LogP contribution is 2.16. The van der Waals surface area contributed by atoms with Gasteiger partial charge >= 0.3 is 0 Å². The van der Waals surface area contributed by atoms with E-state index >= 15 is 0 Å². The molecule has 1 atom stereocenters. The average Bonchev–Trinajstić information content (AvgIpc) is 2.94. The van der Waals surface area contributed by atoms with E-state index in [1.54, 1.807) is 7.11 Å². The molecule has 1 N–H and O–H groups in total. The zero-order valence-corrected chi connectivity index (χ0v) is 13.3. The number of hydrogen-bond donors (Lipinski definition) is 1. The van der Waals surface area contributed by atoms with Gasteiger partial charge in [-0.2, -0.15) is 4.98 Å². The van der Waals surface area contributed by atoms with Gasteiger partial charge in [-0.05, 0) is 19.0 Å². The third-order valence-corrected chi connectivity index (χ3v) is 3.48. The van der Waals surface area contributed by atoms with Gasteiger partial charge in [0, 0.05) is 13.7 Å². The zero-order valence-electron chi connectivity index (χ0n) is 13.3. The number of nitrogens with zero attached hydrogens (tertiary/aromatic N) is 3. The molecule has 0 aliphatic heterocycles. The Labute approximate surface area is 130 Å². The third-order valence-electron chi connectivity index (χ3n) is 3.48. The second-order valence-corrected chi connectivity index (χ2v) is 5.29. The van der Waals surface area contributed by atoms with Crippen LogP contribution in [0.1, 0.15) is 35.9 Å². The molecule has 2 rings (SSSR count). The summed E-state index contributed by atoms with van der Waals surface area (Å²) in [5.41, 5.74) is 2.10. The first-order valence-electron chi connectivity index (χ1n) is 7.39. The van der Waals surface area contributed by atoms with Crippen LogP contribution in [0, 0.1) is 6.92 Å². The Morgan fingerprint density at radius 3 is 2.68 bits per heavy atom. The van der Waals surface area contributed by atoms with Crippen molar-refractivity contribution in [3.8, 4) is 0 Å². The van der Waals surface area contributed by atoms with Crippen molar-refractivity contribution in [1.82, 2.24) is 15.0 Å². The molecule has 1 aromatic carbocycles. The Morgan fingerprint density at radius 2 is 2.05 bits per heavy atom. The third kappa shape index (κ3) is 4.62. The number of hydrogen-bond acceptors (Lipinski definition) is 6. The van der Waals surface area contributed by atoms with E-state index in [0.29, 0.717) is 31.4 Å². The van der Waals surface area contributed by atoms with Crippen LogP contribution in [0.25, 0.3) is 0 Å². The summed E-state index contributed by atoms with van der Waals surface area (Å²) in [6.07, 6.45) is -0.536. The summed E-state index contributed by atoms with van der Waals surface area (Å²) >= 11 is 0. The predicted molar refractivity (Wildman–Crippen MR) is 82.1 cm³/mol. The number of aromatic nitrogens is 2. The summed E-state index contributed by atoms with van der Waals surface area (Å²) in [5.74, 6) is 1.07. The minimum Gasteiger partial charge on any atom is -0.387 e. The molecular formula is C16H23N3O3. The van der Waals surface area contributed by atoms with Gasteiger partial charge < -0.3 is 14.4 Å². The number of ether oxygens (including phenoxy) is 1. The first-order chi connectivity index (χ1) is 10.6. The van der Waals surface area contributed by atoms with Crippen LogP contribution < -0.4 is 0 Å². The van der Waals surface area contributed by atoms with Gasteiger partial charge in [-0.3, -0.25) is 4.90 Å². The molecule has 6 nitrogen and oxygen atoms in total. The molecule has 0 aliphatic carbocycles. The van der Waals surface area contributed by atoms with Gasteiger partial charge in [-0.25, -0.2) is 0 Å². The van der Waals surface area contributed by atoms with E-state index in [0.717, 1.165) is 12.1 Å². The normalized spacial score (nSPS) is 12.8. The van der Waals surface area contributed by atoms with E-state index in [1.165, 1.54) is 5.56 Å². The van der Waals surface area contributed by atoms with Crippen molar-refractivity contribution in [2.24, 2.45) is 0 Å². The SMILES string of the molecule is CCN(Cc1noc(COC)n1)CC(O)c1ccc(C)cc1. The van der Waals surface area contributed by atoms with Crippen LogP contribution in [0.15, 0.2) is 28.8 Å². The topological polar surface area (TPSA) is 71.6 Å². The van der Waals surface area contributed by atoms with E-state index in [2.05, 4.69) is 15.0 Å². The van der Waals surface area contributed by atoms with E-state index in [-0.39, 0.29) is 0 Å². The van der Waals surface area contributed by atoms with Gasteiger partial charge in [0.2, 0.25) is 0 Å². The number of methoxy groups -OCH3 is 1. The van der Waals surface area contributed by atoms with Crippen LogP contribution in [0.2, 0.25) is 0 Å². The molecule has 0 saturated carbocycles. The zero-order chi connectivity index (χ0) is 15.9. The molecule has 2 aromatic rings. The molecule has 22 heavy (non-hydrogen) atoms. The summed E-state index contributed by atoms with van der Waals surface area (Å²) in [5, 5.41) is 14.3. The standard InChI is InChI=1S/C16H23N3O3/c1-4-19(10-15-17-16(11-21-3)22-18-15)9-14(20)13-7-5-12(2)6-8-13/h5-8,14,20H,4,9-11H2,1-3H3. The van der Waals surface area contributed by atoms with Crippen molar-refractivity contribution >= 4 is 0 Å². The second kappa shape index (κ2) is 8.03. The summed E-state index contributed by atoms with van der Waals surface area (Å²) in [6.45, 7) is 6.23. The Kier molecular flexibility index (Phi) is 6.06. The van der Waals surface area contributed by atoms with E-state index in [1.807, 2.05) is 38.1 Å². The molecular weight excluding hydrogens is 282 g/mol. The highest BCUT2D eigenvalue weighted by atomic mass is 16.5. The van der Waals surface area contributed by atoms with Crippen molar-refractivity contribution in [2.45, 2.75) is 33.1 Å². The minimum atomic E-state index is -0.536. The lowest BCUT2D eigenvalue weighted by Crippen LogP contribution is -2.28. The maximum absolute atomic E-state index is 10.4. The second-order valence-electron chi connectivity index (χ2n) is 5.29. The fourth-order valence-corrected chi connectivity index (χ4v) is 2.18. The molecule has 0 spiro atoms. The molecule has 1 aromatic heterocycles. The van der Waals surface area contributed by atoms with Crippen LogP contribution in [-0.4, -0.2) is 40.3 Å². The Morgan fingerprint density at radius 1 is 1.32 bits per heavy atom. The molecule has 6 heteroatoms. The van der Waals surface area contributed by atoms with Crippen LogP contribution in [0.3, 0.4) is 0 Å². The quantitative estimate of drug-likeness (QED) is 0.805. The summed E-state index contributed by atoms with van der Waals surface area (Å²) in [6, 6.07) is 7.92. The highest BCUT2D eigenvalue weighted by Gasteiger charge is 2.15. The molecule has 1 unspecified atom stereocenters. The number of aliphatic hydroxyl groups excluding tert-OH is 1. The van der Waals surface area contributed by atoms with Crippen molar-refractivity contribution in [3.05, 3.63) is 47.1 Å². The summed E-state index contributed by atoms with van der Waals surface area (Å²) in [7, 11) is 1.58. The number of benzene rings is 1. The van der Waals surface area contributed by atoms with Crippen LogP contribution in [0.5, 0.6) is 0 Å². The Bertz CT molecular complexity index is 568. The smallest absolute Gasteiger partial charge is 0.252 e.